The third kappa shape index (κ3) is 5.97. The summed E-state index contributed by atoms with van der Waals surface area (Å²) < 4.78 is 39.4. The van der Waals surface area contributed by atoms with Gasteiger partial charge in [-0.25, -0.2) is 4.98 Å². The fourth-order valence-electron chi connectivity index (χ4n) is 3.08. The van der Waals surface area contributed by atoms with Crippen LogP contribution in [0.25, 0.3) is 0 Å². The third-order valence-electron chi connectivity index (χ3n) is 4.54. The summed E-state index contributed by atoms with van der Waals surface area (Å²) in [5, 5.41) is 3.02. The van der Waals surface area contributed by atoms with Crippen molar-refractivity contribution in [3.8, 4) is 0 Å². The first-order valence-corrected chi connectivity index (χ1v) is 11.0. The number of nitrogens with two attached hydrogens (primary N) is 1. The molecule has 0 bridgehead atoms. The number of likely N-dealkylation sites (tertiary alicyclic amines) is 1. The van der Waals surface area contributed by atoms with E-state index in [2.05, 4.69) is 10.3 Å². The smallest absolute Gasteiger partial charge is 0.369 e. The molecule has 1 aliphatic heterocycles. The van der Waals surface area contributed by atoms with Gasteiger partial charge in [0.2, 0.25) is 17.7 Å². The third-order valence-corrected chi connectivity index (χ3v) is 7.00. The number of benzene rings is 1. The van der Waals surface area contributed by atoms with Crippen LogP contribution in [0.2, 0.25) is 0 Å². The van der Waals surface area contributed by atoms with Crippen molar-refractivity contribution >= 4 is 46.0 Å². The van der Waals surface area contributed by atoms with Crippen molar-refractivity contribution < 1.29 is 27.6 Å². The number of anilines is 1. The molecule has 0 radical (unpaired) electrons. The summed E-state index contributed by atoms with van der Waals surface area (Å²) in [6, 6.07) is 4.78. The molecule has 3 amide bonds. The first-order valence-electron chi connectivity index (χ1n) is 9.16. The summed E-state index contributed by atoms with van der Waals surface area (Å²) in [6.45, 7) is 1.84. The molecule has 1 fully saturated rings. The molecule has 166 valence electrons. The van der Waals surface area contributed by atoms with Crippen molar-refractivity contribution in [3.05, 3.63) is 41.1 Å². The highest BCUT2D eigenvalue weighted by atomic mass is 32.2. The number of amides is 3. The average molecular weight is 473 g/mol. The molecule has 1 aromatic carbocycles. The molecular formula is C19H19F3N4O3S2. The number of alkyl halides is 3. The minimum absolute atomic E-state index is 0.00318. The van der Waals surface area contributed by atoms with Gasteiger partial charge in [-0.05, 0) is 24.6 Å². The Hall–Kier alpha value is -2.60. The Kier molecular flexibility index (Phi) is 6.90. The van der Waals surface area contributed by atoms with Gasteiger partial charge in [0, 0.05) is 19.5 Å². The molecule has 7 nitrogen and oxygen atoms in total. The first kappa shape index (κ1) is 23.1. The van der Waals surface area contributed by atoms with Gasteiger partial charge in [-0.3, -0.25) is 14.4 Å². The van der Waals surface area contributed by atoms with E-state index in [1.807, 2.05) is 0 Å². The number of carbonyl (C=O) groups is 3. The van der Waals surface area contributed by atoms with Gasteiger partial charge in [0.25, 0.3) is 0 Å². The summed E-state index contributed by atoms with van der Waals surface area (Å²) in [5.41, 5.74) is 5.35. The highest BCUT2D eigenvalue weighted by Gasteiger charge is 2.35. The predicted octanol–water partition coefficient (Wildman–Crippen LogP) is 3.03. The zero-order chi connectivity index (χ0) is 22.8. The lowest BCUT2D eigenvalue weighted by molar-refractivity contribution is -0.137. The zero-order valence-electron chi connectivity index (χ0n) is 16.4. The second-order valence-electron chi connectivity index (χ2n) is 7.01. The van der Waals surface area contributed by atoms with E-state index >= 15 is 0 Å². The van der Waals surface area contributed by atoms with Crippen molar-refractivity contribution in [2.45, 2.75) is 30.3 Å². The molecule has 0 spiro atoms. The lowest BCUT2D eigenvalue weighted by atomic mass is 10.1. The zero-order valence-corrected chi connectivity index (χ0v) is 18.0. The molecule has 3 N–H and O–H groups in total. The van der Waals surface area contributed by atoms with Gasteiger partial charge in [-0.2, -0.15) is 13.2 Å². The minimum atomic E-state index is -4.46. The summed E-state index contributed by atoms with van der Waals surface area (Å²) in [5.74, 6) is -1.69. The molecule has 1 aliphatic rings. The number of hydrogen-bond donors (Lipinski definition) is 2. The molecule has 1 unspecified atom stereocenters. The molecule has 1 aromatic heterocycles. The Labute approximate surface area is 184 Å². The molecule has 3 rings (SSSR count). The van der Waals surface area contributed by atoms with Crippen molar-refractivity contribution in [1.29, 1.82) is 0 Å². The van der Waals surface area contributed by atoms with Crippen LogP contribution < -0.4 is 11.1 Å². The maximum absolute atomic E-state index is 12.9. The number of aromatic nitrogens is 1. The van der Waals surface area contributed by atoms with Crippen LogP contribution in [0.1, 0.15) is 23.2 Å². The minimum Gasteiger partial charge on any atom is -0.369 e. The Morgan fingerprint density at radius 2 is 2.13 bits per heavy atom. The standard InChI is InChI=1S/C19H19F3N4O3S2/c1-10-17(30-9-14(23)27)31-18(24-10)25-16(29)12-6-15(28)26(8-12)7-11-3-2-4-13(5-11)19(20,21)22/h2-5,12H,6-9H2,1H3,(H2,23,27)(H,24,25,29). The highest BCUT2D eigenvalue weighted by Crippen LogP contribution is 2.33. The lowest BCUT2D eigenvalue weighted by Crippen LogP contribution is -2.28. The topological polar surface area (TPSA) is 105 Å². The van der Waals surface area contributed by atoms with E-state index in [9.17, 15) is 27.6 Å². The fraction of sp³-hybridized carbons (Fsp3) is 0.368. The Balaban J connectivity index is 1.61. The maximum Gasteiger partial charge on any atom is 0.416 e. The number of hydrogen-bond acceptors (Lipinski definition) is 6. The molecule has 0 saturated carbocycles. The van der Waals surface area contributed by atoms with E-state index in [1.165, 1.54) is 40.1 Å². The molecule has 12 heteroatoms. The number of primary amides is 1. The summed E-state index contributed by atoms with van der Waals surface area (Å²) in [6.07, 6.45) is -4.49. The van der Waals surface area contributed by atoms with Gasteiger partial charge < -0.3 is 16.0 Å². The van der Waals surface area contributed by atoms with E-state index in [0.29, 0.717) is 16.4 Å². The number of thioether (sulfide) groups is 1. The number of nitrogens with zero attached hydrogens (tertiary/aromatic N) is 2. The monoisotopic (exact) mass is 472 g/mol. The molecule has 0 aliphatic carbocycles. The Morgan fingerprint density at radius 1 is 1.39 bits per heavy atom. The van der Waals surface area contributed by atoms with Gasteiger partial charge >= 0.3 is 6.18 Å². The van der Waals surface area contributed by atoms with Crippen LogP contribution in [0, 0.1) is 12.8 Å². The van der Waals surface area contributed by atoms with Gasteiger partial charge in [0.1, 0.15) is 0 Å². The van der Waals surface area contributed by atoms with E-state index in [1.54, 1.807) is 6.92 Å². The number of aryl methyl sites for hydroxylation is 1. The second kappa shape index (κ2) is 9.27. The van der Waals surface area contributed by atoms with Crippen molar-refractivity contribution in [2.75, 3.05) is 17.6 Å². The van der Waals surface area contributed by atoms with E-state index in [4.69, 9.17) is 5.73 Å². The first-order chi connectivity index (χ1) is 14.5. The summed E-state index contributed by atoms with van der Waals surface area (Å²) >= 11 is 2.43. The molecule has 1 saturated heterocycles. The molecule has 1 atom stereocenters. The summed E-state index contributed by atoms with van der Waals surface area (Å²) in [4.78, 5) is 41.4. The highest BCUT2D eigenvalue weighted by molar-refractivity contribution is 8.01. The van der Waals surface area contributed by atoms with Crippen LogP contribution in [0.5, 0.6) is 0 Å². The SMILES string of the molecule is Cc1nc(NC(=O)C2CC(=O)N(Cc3cccc(C(F)(F)F)c3)C2)sc1SCC(N)=O. The molecule has 31 heavy (non-hydrogen) atoms. The van der Waals surface area contributed by atoms with Crippen LogP contribution >= 0.6 is 23.1 Å². The van der Waals surface area contributed by atoms with Crippen molar-refractivity contribution in [2.24, 2.45) is 11.7 Å². The van der Waals surface area contributed by atoms with Crippen LogP contribution in [-0.2, 0) is 27.1 Å². The van der Waals surface area contributed by atoms with E-state index < -0.39 is 23.6 Å². The van der Waals surface area contributed by atoms with Crippen LogP contribution in [0.4, 0.5) is 18.3 Å². The van der Waals surface area contributed by atoms with E-state index in [0.717, 1.165) is 16.3 Å². The van der Waals surface area contributed by atoms with Crippen LogP contribution in [0.3, 0.4) is 0 Å². The van der Waals surface area contributed by atoms with Crippen molar-refractivity contribution in [1.82, 2.24) is 9.88 Å². The molecule has 2 aromatic rings. The Morgan fingerprint density at radius 3 is 2.81 bits per heavy atom. The van der Waals surface area contributed by atoms with Crippen LogP contribution in [-0.4, -0.2) is 39.9 Å². The Bertz CT molecular complexity index is 1010. The number of halogens is 3. The lowest BCUT2D eigenvalue weighted by Gasteiger charge is -2.17. The number of thiazole rings is 1. The quantitative estimate of drug-likeness (QED) is 0.603. The van der Waals surface area contributed by atoms with Gasteiger partial charge in [0.15, 0.2) is 5.13 Å². The number of nitrogens with one attached hydrogen (secondary N) is 1. The van der Waals surface area contributed by atoms with Crippen LogP contribution in [0.15, 0.2) is 28.5 Å². The van der Waals surface area contributed by atoms with E-state index in [-0.39, 0.29) is 37.1 Å². The average Bonchev–Trinajstić information content (AvgIpc) is 3.22. The van der Waals surface area contributed by atoms with Gasteiger partial charge in [-0.15, -0.1) is 11.8 Å². The fourth-order valence-corrected chi connectivity index (χ4v) is 4.96. The normalized spacial score (nSPS) is 16.6. The largest absolute Gasteiger partial charge is 0.416 e. The maximum atomic E-state index is 12.9. The summed E-state index contributed by atoms with van der Waals surface area (Å²) in [7, 11) is 0. The van der Waals surface area contributed by atoms with Crippen molar-refractivity contribution in [3.63, 3.8) is 0 Å². The molecular weight excluding hydrogens is 453 g/mol. The number of rotatable bonds is 7. The van der Waals surface area contributed by atoms with Gasteiger partial charge in [-0.1, -0.05) is 23.5 Å². The predicted molar refractivity (Wildman–Crippen MR) is 110 cm³/mol. The number of carbonyl (C=O) groups excluding carboxylic acids is 3. The second-order valence-corrected chi connectivity index (χ2v) is 9.25. The van der Waals surface area contributed by atoms with Gasteiger partial charge in [0.05, 0.1) is 27.1 Å². The molecule has 2 heterocycles.